The minimum Gasteiger partial charge on any atom is -0.486 e. The second kappa shape index (κ2) is 9.84. The smallest absolute Gasteiger partial charge is 0.286 e. The molecule has 4 aromatic rings. The Balaban J connectivity index is 1.28. The molecule has 2 heterocycles. The quantitative estimate of drug-likeness (QED) is 0.418. The van der Waals surface area contributed by atoms with E-state index in [1.807, 2.05) is 0 Å². The van der Waals surface area contributed by atoms with Crippen LogP contribution in [0.3, 0.4) is 0 Å². The summed E-state index contributed by atoms with van der Waals surface area (Å²) in [6.45, 7) is 0.392. The number of aromatic nitrogens is 2. The highest BCUT2D eigenvalue weighted by Gasteiger charge is 2.15. The topological polar surface area (TPSA) is 106 Å². The van der Waals surface area contributed by atoms with Crippen molar-refractivity contribution >= 4 is 28.8 Å². The van der Waals surface area contributed by atoms with E-state index in [1.165, 1.54) is 18.2 Å². The molecule has 0 aliphatic heterocycles. The van der Waals surface area contributed by atoms with Crippen molar-refractivity contribution in [1.82, 2.24) is 15.5 Å². The summed E-state index contributed by atoms with van der Waals surface area (Å²) in [4.78, 5) is 24.4. The third-order valence-corrected chi connectivity index (χ3v) is 5.16. The van der Waals surface area contributed by atoms with E-state index in [4.69, 9.17) is 9.15 Å². The van der Waals surface area contributed by atoms with Crippen molar-refractivity contribution in [3.8, 4) is 5.75 Å². The van der Waals surface area contributed by atoms with Gasteiger partial charge in [0.15, 0.2) is 5.01 Å². The minimum atomic E-state index is -0.552. The zero-order valence-electron chi connectivity index (χ0n) is 16.6. The van der Waals surface area contributed by atoms with Crippen LogP contribution in [0.1, 0.15) is 30.9 Å². The third kappa shape index (κ3) is 5.35. The van der Waals surface area contributed by atoms with Crippen LogP contribution < -0.4 is 15.4 Å². The molecule has 0 unspecified atom stereocenters. The van der Waals surface area contributed by atoms with Crippen LogP contribution in [-0.2, 0) is 13.2 Å². The zero-order chi connectivity index (χ0) is 22.3. The Bertz CT molecular complexity index is 1210. The van der Waals surface area contributed by atoms with Crippen molar-refractivity contribution in [2.45, 2.75) is 13.2 Å². The van der Waals surface area contributed by atoms with Crippen LogP contribution in [-0.4, -0.2) is 22.0 Å². The highest BCUT2D eigenvalue weighted by Crippen LogP contribution is 2.18. The van der Waals surface area contributed by atoms with Gasteiger partial charge in [0.2, 0.25) is 5.01 Å². The zero-order valence-corrected chi connectivity index (χ0v) is 17.4. The first-order chi connectivity index (χ1) is 15.6. The van der Waals surface area contributed by atoms with E-state index in [0.717, 1.165) is 11.3 Å². The number of furan rings is 1. The molecule has 0 fully saturated rings. The van der Waals surface area contributed by atoms with Gasteiger partial charge in [0, 0.05) is 5.56 Å². The molecule has 2 N–H and O–H groups in total. The van der Waals surface area contributed by atoms with E-state index in [1.54, 1.807) is 48.7 Å². The second-order valence-electron chi connectivity index (χ2n) is 6.51. The molecular weight excluding hydrogens is 435 g/mol. The van der Waals surface area contributed by atoms with Gasteiger partial charge in [0.05, 0.1) is 18.5 Å². The molecule has 0 aliphatic carbocycles. The fourth-order valence-electron chi connectivity index (χ4n) is 2.67. The van der Waals surface area contributed by atoms with E-state index in [0.29, 0.717) is 28.6 Å². The van der Waals surface area contributed by atoms with Gasteiger partial charge in [0.1, 0.15) is 23.9 Å². The van der Waals surface area contributed by atoms with E-state index in [9.17, 15) is 14.0 Å². The van der Waals surface area contributed by atoms with Crippen molar-refractivity contribution in [2.75, 3.05) is 5.32 Å². The highest BCUT2D eigenvalue weighted by molar-refractivity contribution is 7.13. The molecule has 2 aromatic carbocycles. The summed E-state index contributed by atoms with van der Waals surface area (Å²) in [6.07, 6.45) is 1.55. The molecule has 32 heavy (non-hydrogen) atoms. The largest absolute Gasteiger partial charge is 0.486 e. The summed E-state index contributed by atoms with van der Waals surface area (Å²) in [5, 5.41) is 13.5. The summed E-state index contributed by atoms with van der Waals surface area (Å²) in [7, 11) is 0. The molecule has 0 bridgehead atoms. The van der Waals surface area contributed by atoms with Crippen molar-refractivity contribution in [1.29, 1.82) is 0 Å². The van der Waals surface area contributed by atoms with Crippen LogP contribution in [0.2, 0.25) is 0 Å². The van der Waals surface area contributed by atoms with Crippen LogP contribution in [0.25, 0.3) is 0 Å². The fraction of sp³-hybridized carbons (Fsp3) is 0.0909. The number of hydrogen-bond donors (Lipinski definition) is 2. The van der Waals surface area contributed by atoms with Crippen LogP contribution in [0.4, 0.5) is 10.1 Å². The molecule has 10 heteroatoms. The lowest BCUT2D eigenvalue weighted by atomic mass is 10.2. The maximum Gasteiger partial charge on any atom is 0.286 e. The van der Waals surface area contributed by atoms with E-state index in [2.05, 4.69) is 20.8 Å². The van der Waals surface area contributed by atoms with E-state index >= 15 is 0 Å². The van der Waals surface area contributed by atoms with Gasteiger partial charge in [-0.25, -0.2) is 4.39 Å². The maximum atomic E-state index is 13.7. The molecular formula is C22H17FN4O4S. The van der Waals surface area contributed by atoms with Crippen molar-refractivity contribution < 1.29 is 23.1 Å². The summed E-state index contributed by atoms with van der Waals surface area (Å²) < 4.78 is 24.5. The van der Waals surface area contributed by atoms with Gasteiger partial charge in [-0.1, -0.05) is 23.5 Å². The molecule has 4 rings (SSSR count). The number of ether oxygens (including phenoxy) is 1. The molecule has 2 aromatic heterocycles. The first-order valence-corrected chi connectivity index (χ1v) is 10.3. The van der Waals surface area contributed by atoms with E-state index < -0.39 is 11.7 Å². The van der Waals surface area contributed by atoms with Gasteiger partial charge in [-0.15, -0.1) is 10.2 Å². The number of rotatable bonds is 8. The van der Waals surface area contributed by atoms with Gasteiger partial charge in [-0.3, -0.25) is 9.59 Å². The molecule has 0 saturated heterocycles. The highest BCUT2D eigenvalue weighted by atomic mass is 32.1. The summed E-state index contributed by atoms with van der Waals surface area (Å²) in [6, 6.07) is 16.0. The first kappa shape index (κ1) is 21.2. The molecule has 0 aliphatic rings. The number of nitrogens with one attached hydrogen (secondary N) is 2. The van der Waals surface area contributed by atoms with Gasteiger partial charge in [0.25, 0.3) is 11.8 Å². The average molecular weight is 452 g/mol. The third-order valence-electron chi connectivity index (χ3n) is 4.27. The number of carbonyl (C=O) groups excluding carboxylic acids is 2. The molecule has 162 valence electrons. The number of halogens is 1. The Morgan fingerprint density at radius 1 is 1.00 bits per heavy atom. The molecule has 8 nitrogen and oxygen atoms in total. The molecule has 0 atom stereocenters. The number of benzene rings is 2. The molecule has 0 saturated carbocycles. The number of nitrogens with zero attached hydrogens (tertiary/aromatic N) is 2. The number of carbonyl (C=O) groups is 2. The average Bonchev–Trinajstić information content (AvgIpc) is 3.50. The number of hydrogen-bond acceptors (Lipinski definition) is 7. The Hall–Kier alpha value is -4.05. The number of para-hydroxylation sites is 1. The standard InChI is InChI=1S/C22H17FN4O4S/c23-17-5-1-2-6-18(17)25-21(29)22-27-26-19(32-22)13-31-15-9-7-14(8-10-15)20(28)24-12-16-4-3-11-30-16/h1-11H,12-13H2,(H,24,28)(H,25,29). The summed E-state index contributed by atoms with van der Waals surface area (Å²) in [5.74, 6) is -0.129. The van der Waals surface area contributed by atoms with Crippen molar-refractivity contribution in [3.63, 3.8) is 0 Å². The molecule has 0 spiro atoms. The van der Waals surface area contributed by atoms with Crippen LogP contribution in [0.15, 0.2) is 71.3 Å². The fourth-order valence-corrected chi connectivity index (χ4v) is 3.32. The lowest BCUT2D eigenvalue weighted by molar-refractivity contribution is 0.0947. The predicted molar refractivity (Wildman–Crippen MR) is 115 cm³/mol. The Morgan fingerprint density at radius 3 is 2.56 bits per heavy atom. The SMILES string of the molecule is O=C(NCc1ccco1)c1ccc(OCc2nnc(C(=O)Nc3ccccc3F)s2)cc1. The monoisotopic (exact) mass is 452 g/mol. The van der Waals surface area contributed by atoms with Gasteiger partial charge in [-0.2, -0.15) is 0 Å². The van der Waals surface area contributed by atoms with Crippen molar-refractivity contribution in [3.05, 3.63) is 94.1 Å². The van der Waals surface area contributed by atoms with E-state index in [-0.39, 0.29) is 23.2 Å². The van der Waals surface area contributed by atoms with Crippen LogP contribution in [0, 0.1) is 5.82 Å². The first-order valence-electron chi connectivity index (χ1n) is 9.50. The van der Waals surface area contributed by atoms with Gasteiger partial charge in [-0.05, 0) is 48.5 Å². The van der Waals surface area contributed by atoms with Crippen LogP contribution in [0.5, 0.6) is 5.75 Å². The Labute approximate surface area is 186 Å². The molecule has 2 amide bonds. The Morgan fingerprint density at radius 2 is 1.81 bits per heavy atom. The van der Waals surface area contributed by atoms with Gasteiger partial charge >= 0.3 is 0 Å². The van der Waals surface area contributed by atoms with Gasteiger partial charge < -0.3 is 19.8 Å². The summed E-state index contributed by atoms with van der Waals surface area (Å²) >= 11 is 1.04. The lowest BCUT2D eigenvalue weighted by Gasteiger charge is -2.06. The lowest BCUT2D eigenvalue weighted by Crippen LogP contribution is -2.22. The molecule has 0 radical (unpaired) electrons. The summed E-state index contributed by atoms with van der Waals surface area (Å²) in [5.41, 5.74) is 0.547. The number of anilines is 1. The van der Waals surface area contributed by atoms with Crippen LogP contribution >= 0.6 is 11.3 Å². The normalized spacial score (nSPS) is 10.5. The minimum absolute atomic E-state index is 0.0683. The maximum absolute atomic E-state index is 13.7. The predicted octanol–water partition coefficient (Wildman–Crippen LogP) is 4.03. The second-order valence-corrected chi connectivity index (χ2v) is 7.57. The van der Waals surface area contributed by atoms with Crippen molar-refractivity contribution in [2.24, 2.45) is 0 Å². The number of amides is 2. The Kier molecular flexibility index (Phi) is 6.52.